The van der Waals surface area contributed by atoms with Crippen LogP contribution in [-0.4, -0.2) is 30.1 Å². The van der Waals surface area contributed by atoms with Gasteiger partial charge in [0.25, 0.3) is 0 Å². The smallest absolute Gasteiger partial charge is 0.107 e. The Morgan fingerprint density at radius 2 is 2.29 bits per heavy atom. The van der Waals surface area contributed by atoms with Crippen molar-refractivity contribution in [3.8, 4) is 0 Å². The summed E-state index contributed by atoms with van der Waals surface area (Å²) in [5, 5.41) is 3.64. The lowest BCUT2D eigenvalue weighted by Gasteiger charge is -2.15. The minimum absolute atomic E-state index is 0.662. The molecule has 1 aliphatic heterocycles. The van der Waals surface area contributed by atoms with Gasteiger partial charge in [0, 0.05) is 41.1 Å². The third-order valence-corrected chi connectivity index (χ3v) is 6.02. The fourth-order valence-corrected chi connectivity index (χ4v) is 4.19. The maximum atomic E-state index is 6.03. The molecular weight excluding hydrogens is 320 g/mol. The number of rotatable bonds is 4. The van der Waals surface area contributed by atoms with Gasteiger partial charge in [-0.15, -0.1) is 11.3 Å². The molecule has 1 unspecified atom stereocenters. The minimum atomic E-state index is 0.662. The molecule has 1 atom stereocenters. The average Bonchev–Trinajstić information content (AvgIpc) is 2.96. The minimum Gasteiger partial charge on any atom is -0.308 e. The maximum Gasteiger partial charge on any atom is 0.107 e. The molecule has 94 valence electrons. The first-order valence-corrected chi connectivity index (χ1v) is 8.12. The lowest BCUT2D eigenvalue weighted by Crippen LogP contribution is -2.32. The molecule has 17 heavy (non-hydrogen) atoms. The number of likely N-dealkylation sites (tertiary alicyclic amines) is 1. The van der Waals surface area contributed by atoms with Crippen LogP contribution < -0.4 is 5.32 Å². The van der Waals surface area contributed by atoms with Crippen molar-refractivity contribution >= 4 is 38.9 Å². The SMILES string of the molecule is Clc1sc(CNC2CCN(C3CC3)C2)cc1Br. The lowest BCUT2D eigenvalue weighted by atomic mass is 10.2. The zero-order valence-corrected chi connectivity index (χ0v) is 12.7. The van der Waals surface area contributed by atoms with E-state index in [4.69, 9.17) is 11.6 Å². The second-order valence-corrected chi connectivity index (χ2v) is 7.52. The summed E-state index contributed by atoms with van der Waals surface area (Å²) < 4.78 is 1.87. The van der Waals surface area contributed by atoms with E-state index in [1.807, 2.05) is 0 Å². The zero-order chi connectivity index (χ0) is 11.8. The van der Waals surface area contributed by atoms with Crippen LogP contribution in [0.1, 0.15) is 24.1 Å². The highest BCUT2D eigenvalue weighted by atomic mass is 79.9. The number of hydrogen-bond acceptors (Lipinski definition) is 3. The molecule has 2 heterocycles. The number of nitrogens with one attached hydrogen (secondary N) is 1. The van der Waals surface area contributed by atoms with Crippen molar-refractivity contribution in [3.63, 3.8) is 0 Å². The van der Waals surface area contributed by atoms with Crippen LogP contribution in [-0.2, 0) is 6.54 Å². The van der Waals surface area contributed by atoms with Gasteiger partial charge in [0.05, 0.1) is 0 Å². The monoisotopic (exact) mass is 334 g/mol. The third-order valence-electron chi connectivity index (χ3n) is 3.54. The Kier molecular flexibility index (Phi) is 3.78. The van der Waals surface area contributed by atoms with E-state index < -0.39 is 0 Å². The predicted octanol–water partition coefficient (Wildman–Crippen LogP) is 3.49. The van der Waals surface area contributed by atoms with E-state index in [1.165, 1.54) is 37.2 Å². The first kappa shape index (κ1) is 12.4. The molecule has 1 saturated heterocycles. The van der Waals surface area contributed by atoms with Gasteiger partial charge in [-0.05, 0) is 41.3 Å². The molecule has 1 aromatic heterocycles. The molecule has 0 aromatic carbocycles. The Labute approximate surface area is 119 Å². The molecular formula is C12H16BrClN2S. The van der Waals surface area contributed by atoms with Crippen molar-refractivity contribution in [1.82, 2.24) is 10.2 Å². The van der Waals surface area contributed by atoms with Crippen LogP contribution in [0.5, 0.6) is 0 Å². The van der Waals surface area contributed by atoms with Gasteiger partial charge in [0.15, 0.2) is 0 Å². The van der Waals surface area contributed by atoms with Gasteiger partial charge in [-0.2, -0.15) is 0 Å². The van der Waals surface area contributed by atoms with E-state index >= 15 is 0 Å². The normalized spacial score (nSPS) is 25.6. The summed E-state index contributed by atoms with van der Waals surface area (Å²) in [7, 11) is 0. The van der Waals surface area contributed by atoms with E-state index in [2.05, 4.69) is 32.2 Å². The molecule has 1 saturated carbocycles. The van der Waals surface area contributed by atoms with Crippen molar-refractivity contribution in [2.75, 3.05) is 13.1 Å². The Morgan fingerprint density at radius 1 is 1.47 bits per heavy atom. The van der Waals surface area contributed by atoms with Crippen molar-refractivity contribution in [1.29, 1.82) is 0 Å². The summed E-state index contributed by atoms with van der Waals surface area (Å²) in [5.74, 6) is 0. The largest absolute Gasteiger partial charge is 0.308 e. The van der Waals surface area contributed by atoms with Gasteiger partial charge in [0.1, 0.15) is 4.34 Å². The Hall–Kier alpha value is 0.390. The summed E-state index contributed by atoms with van der Waals surface area (Å²) in [6.45, 7) is 3.45. The number of nitrogens with zero attached hydrogens (tertiary/aromatic N) is 1. The van der Waals surface area contributed by atoms with Gasteiger partial charge in [-0.25, -0.2) is 0 Å². The maximum absolute atomic E-state index is 6.03. The fraction of sp³-hybridized carbons (Fsp3) is 0.667. The van der Waals surface area contributed by atoms with Gasteiger partial charge >= 0.3 is 0 Å². The molecule has 0 radical (unpaired) electrons. The molecule has 2 aliphatic rings. The van der Waals surface area contributed by atoms with Crippen LogP contribution in [0.15, 0.2) is 10.5 Å². The molecule has 3 rings (SSSR count). The standard InChI is InChI=1S/C12H16BrClN2S/c13-11-5-10(17-12(11)14)6-15-8-3-4-16(7-8)9-1-2-9/h5,8-9,15H,1-4,6-7H2. The fourth-order valence-electron chi connectivity index (χ4n) is 2.45. The summed E-state index contributed by atoms with van der Waals surface area (Å²) >= 11 is 11.1. The van der Waals surface area contributed by atoms with Gasteiger partial charge in [-0.1, -0.05) is 11.6 Å². The van der Waals surface area contributed by atoms with Gasteiger partial charge < -0.3 is 5.32 Å². The molecule has 0 amide bonds. The Bertz CT molecular complexity index is 386. The van der Waals surface area contributed by atoms with Crippen molar-refractivity contribution in [3.05, 3.63) is 19.8 Å². The molecule has 2 fully saturated rings. The number of hydrogen-bond donors (Lipinski definition) is 1. The first-order chi connectivity index (χ1) is 8.22. The van der Waals surface area contributed by atoms with Gasteiger partial charge in [0.2, 0.25) is 0 Å². The van der Waals surface area contributed by atoms with Gasteiger partial charge in [-0.3, -0.25) is 4.90 Å². The van der Waals surface area contributed by atoms with E-state index in [1.54, 1.807) is 11.3 Å². The molecule has 5 heteroatoms. The summed E-state index contributed by atoms with van der Waals surface area (Å²) in [5.41, 5.74) is 0. The highest BCUT2D eigenvalue weighted by Gasteiger charge is 2.34. The topological polar surface area (TPSA) is 15.3 Å². The van der Waals surface area contributed by atoms with E-state index in [0.29, 0.717) is 6.04 Å². The highest BCUT2D eigenvalue weighted by Crippen LogP contribution is 2.32. The molecule has 0 spiro atoms. The van der Waals surface area contributed by atoms with E-state index in [9.17, 15) is 0 Å². The van der Waals surface area contributed by atoms with E-state index in [0.717, 1.165) is 21.4 Å². The summed E-state index contributed by atoms with van der Waals surface area (Å²) in [4.78, 5) is 3.95. The second-order valence-electron chi connectivity index (χ2n) is 4.93. The highest BCUT2D eigenvalue weighted by molar-refractivity contribution is 9.10. The third kappa shape index (κ3) is 3.04. The van der Waals surface area contributed by atoms with Crippen LogP contribution >= 0.6 is 38.9 Å². The number of thiophene rings is 1. The molecule has 1 aromatic rings. The zero-order valence-electron chi connectivity index (χ0n) is 9.59. The summed E-state index contributed by atoms with van der Waals surface area (Å²) in [6, 6.07) is 3.69. The molecule has 1 N–H and O–H groups in total. The number of halogens is 2. The van der Waals surface area contributed by atoms with Crippen LogP contribution in [0.25, 0.3) is 0 Å². The quantitative estimate of drug-likeness (QED) is 0.906. The Balaban J connectivity index is 1.48. The van der Waals surface area contributed by atoms with Crippen LogP contribution in [0.2, 0.25) is 4.34 Å². The van der Waals surface area contributed by atoms with E-state index in [-0.39, 0.29) is 0 Å². The van der Waals surface area contributed by atoms with Crippen LogP contribution in [0, 0.1) is 0 Å². The van der Waals surface area contributed by atoms with Crippen molar-refractivity contribution in [2.24, 2.45) is 0 Å². The summed E-state index contributed by atoms with van der Waals surface area (Å²) in [6.07, 6.45) is 4.12. The second kappa shape index (κ2) is 5.17. The van der Waals surface area contributed by atoms with Crippen LogP contribution in [0.4, 0.5) is 0 Å². The first-order valence-electron chi connectivity index (χ1n) is 6.13. The Morgan fingerprint density at radius 3 is 2.94 bits per heavy atom. The molecule has 2 nitrogen and oxygen atoms in total. The van der Waals surface area contributed by atoms with Crippen LogP contribution in [0.3, 0.4) is 0 Å². The molecule has 0 bridgehead atoms. The lowest BCUT2D eigenvalue weighted by molar-refractivity contribution is 0.317. The van der Waals surface area contributed by atoms with Crippen molar-refractivity contribution < 1.29 is 0 Å². The van der Waals surface area contributed by atoms with Crippen molar-refractivity contribution in [2.45, 2.75) is 37.9 Å². The predicted molar refractivity (Wildman–Crippen MR) is 76.9 cm³/mol. The molecule has 1 aliphatic carbocycles. The average molecular weight is 336 g/mol.